The molecule has 326 valence electrons. The molecule has 3 aromatic carbocycles. The number of piperidine rings is 2. The molecule has 0 aromatic heterocycles. The first kappa shape index (κ1) is 42.7. The fourth-order valence-electron chi connectivity index (χ4n) is 10.9. The lowest BCUT2D eigenvalue weighted by Gasteiger charge is -2.63. The molecule has 8 rings (SSSR count). The van der Waals surface area contributed by atoms with Crippen LogP contribution in [0.1, 0.15) is 114 Å². The van der Waals surface area contributed by atoms with E-state index in [4.69, 9.17) is 14.2 Å². The number of carbonyl (C=O) groups is 5. The number of hydrogen-bond acceptors (Lipinski definition) is 11. The van der Waals surface area contributed by atoms with E-state index < -0.39 is 29.7 Å². The Bertz CT molecular complexity index is 2330. The molecule has 14 heteroatoms. The molecule has 3 heterocycles. The first-order valence-corrected chi connectivity index (χ1v) is 21.6. The second-order valence-electron chi connectivity index (χ2n) is 18.9. The summed E-state index contributed by atoms with van der Waals surface area (Å²) in [6, 6.07) is 16.8. The summed E-state index contributed by atoms with van der Waals surface area (Å²) in [6.45, 7) is 14.2. The summed E-state index contributed by atoms with van der Waals surface area (Å²) < 4.78 is 18.4. The quantitative estimate of drug-likeness (QED) is 0.227. The summed E-state index contributed by atoms with van der Waals surface area (Å²) >= 11 is 0. The number of methoxy groups -OCH3 is 1. The Morgan fingerprint density at radius 3 is 2.10 bits per heavy atom. The highest BCUT2D eigenvalue weighted by molar-refractivity contribution is 6.24. The number of anilines is 1. The predicted octanol–water partition coefficient (Wildman–Crippen LogP) is 5.71. The van der Waals surface area contributed by atoms with Crippen LogP contribution in [-0.2, 0) is 9.59 Å². The molecule has 14 nitrogen and oxygen atoms in total. The standard InChI is InChI=1S/C48H56N6O8/c1-26-19-32(20-27(2)36(26)25-49)62-46-47(3,4)45(48(46,5)6)51-41(56)28-9-11-30(12-10-28)53-17-15-29(16-18-53)52(7)31-21-33(22-31)61-34-23-35-40(38(24-34)60-8)44(59)54(43(35)58)37-13-14-39(55)50-42(37)57/h9-12,19-20,23-24,29,31,33,37,45-46H,13-18,21-22H2,1-8H3,(H,51,56)(H,50,55,57)/t31?,33?,37-,45?,46?/m1/s1. The maximum atomic E-state index is 13.6. The summed E-state index contributed by atoms with van der Waals surface area (Å²) in [6.07, 6.45) is 3.54. The van der Waals surface area contributed by atoms with E-state index in [0.717, 1.165) is 66.2 Å². The Hall–Kier alpha value is -5.94. The molecule has 4 fully saturated rings. The van der Waals surface area contributed by atoms with Crippen molar-refractivity contribution in [3.05, 3.63) is 81.9 Å². The third kappa shape index (κ3) is 7.44. The third-order valence-corrected chi connectivity index (χ3v) is 14.2. The van der Waals surface area contributed by atoms with Crippen LogP contribution in [-0.4, -0.2) is 103 Å². The average Bonchev–Trinajstić information content (AvgIpc) is 3.47. The van der Waals surface area contributed by atoms with Gasteiger partial charge in [0.1, 0.15) is 35.5 Å². The van der Waals surface area contributed by atoms with Gasteiger partial charge in [-0.3, -0.25) is 34.2 Å². The van der Waals surface area contributed by atoms with Gasteiger partial charge >= 0.3 is 0 Å². The first-order chi connectivity index (χ1) is 29.4. The van der Waals surface area contributed by atoms with Gasteiger partial charge in [-0.1, -0.05) is 27.7 Å². The topological polar surface area (TPSA) is 171 Å². The van der Waals surface area contributed by atoms with Crippen molar-refractivity contribution in [1.29, 1.82) is 5.26 Å². The van der Waals surface area contributed by atoms with Gasteiger partial charge in [-0.2, -0.15) is 5.26 Å². The fraction of sp³-hybridized carbons (Fsp3) is 0.500. The lowest BCUT2D eigenvalue weighted by Crippen LogP contribution is -2.74. The number of imide groups is 2. The van der Waals surface area contributed by atoms with E-state index in [9.17, 15) is 29.2 Å². The van der Waals surface area contributed by atoms with Gasteiger partial charge in [-0.15, -0.1) is 0 Å². The molecule has 1 atom stereocenters. The van der Waals surface area contributed by atoms with Gasteiger partial charge in [0.2, 0.25) is 11.8 Å². The zero-order chi connectivity index (χ0) is 44.4. The van der Waals surface area contributed by atoms with Crippen molar-refractivity contribution in [2.45, 2.75) is 116 Å². The summed E-state index contributed by atoms with van der Waals surface area (Å²) in [5.41, 5.74) is 3.73. The van der Waals surface area contributed by atoms with Crippen LogP contribution in [0.2, 0.25) is 0 Å². The molecule has 3 aliphatic heterocycles. The van der Waals surface area contributed by atoms with E-state index in [0.29, 0.717) is 29.0 Å². The van der Waals surface area contributed by atoms with Crippen LogP contribution < -0.4 is 29.7 Å². The molecule has 3 aromatic rings. The van der Waals surface area contributed by atoms with Crippen molar-refractivity contribution in [3.8, 4) is 23.3 Å². The summed E-state index contributed by atoms with van der Waals surface area (Å²) in [4.78, 5) is 70.4. The number of rotatable bonds is 11. The Morgan fingerprint density at radius 1 is 0.871 bits per heavy atom. The summed E-state index contributed by atoms with van der Waals surface area (Å²) in [5.74, 6) is -1.05. The van der Waals surface area contributed by atoms with Crippen molar-refractivity contribution in [3.63, 3.8) is 0 Å². The highest BCUT2D eigenvalue weighted by atomic mass is 16.5. The zero-order valence-electron chi connectivity index (χ0n) is 36.8. The maximum absolute atomic E-state index is 13.6. The van der Waals surface area contributed by atoms with Crippen LogP contribution in [0.3, 0.4) is 0 Å². The molecule has 5 amide bonds. The monoisotopic (exact) mass is 844 g/mol. The molecule has 0 radical (unpaired) electrons. The normalized spacial score (nSPS) is 25.3. The minimum atomic E-state index is -1.06. The molecule has 5 aliphatic rings. The highest BCUT2D eigenvalue weighted by Crippen LogP contribution is 2.55. The molecule has 2 saturated heterocycles. The average molecular weight is 845 g/mol. The number of ether oxygens (including phenoxy) is 3. The van der Waals surface area contributed by atoms with Gasteiger partial charge in [0, 0.05) is 78.6 Å². The van der Waals surface area contributed by atoms with Gasteiger partial charge in [-0.25, -0.2) is 0 Å². The van der Waals surface area contributed by atoms with E-state index in [1.165, 1.54) is 7.11 Å². The van der Waals surface area contributed by atoms with Crippen molar-refractivity contribution in [2.24, 2.45) is 10.8 Å². The predicted molar refractivity (Wildman–Crippen MR) is 230 cm³/mol. The number of carbonyl (C=O) groups excluding carboxylic acids is 5. The second kappa shape index (κ2) is 16.1. The van der Waals surface area contributed by atoms with Crippen LogP contribution in [0.15, 0.2) is 48.5 Å². The van der Waals surface area contributed by atoms with Gasteiger partial charge in [0.05, 0.1) is 29.9 Å². The van der Waals surface area contributed by atoms with E-state index in [2.05, 4.69) is 61.2 Å². The molecular weight excluding hydrogens is 789 g/mol. The minimum Gasteiger partial charge on any atom is -0.496 e. The number of aryl methyl sites for hydroxylation is 2. The largest absolute Gasteiger partial charge is 0.496 e. The van der Waals surface area contributed by atoms with Crippen LogP contribution in [0.25, 0.3) is 0 Å². The molecule has 62 heavy (non-hydrogen) atoms. The molecule has 0 bridgehead atoms. The van der Waals surface area contributed by atoms with Gasteiger partial charge in [0.15, 0.2) is 0 Å². The Kier molecular flexibility index (Phi) is 11.1. The lowest BCUT2D eigenvalue weighted by molar-refractivity contribution is -0.164. The highest BCUT2D eigenvalue weighted by Gasteiger charge is 2.64. The Labute approximate surface area is 362 Å². The molecule has 2 saturated carbocycles. The van der Waals surface area contributed by atoms with Crippen molar-refractivity contribution in [2.75, 3.05) is 32.1 Å². The molecular formula is C48H56N6O8. The number of hydrogen-bond donors (Lipinski definition) is 2. The van der Waals surface area contributed by atoms with Gasteiger partial charge in [-0.05, 0) is 93.7 Å². The van der Waals surface area contributed by atoms with E-state index in [1.807, 2.05) is 50.2 Å². The van der Waals surface area contributed by atoms with Crippen molar-refractivity contribution in [1.82, 2.24) is 20.4 Å². The van der Waals surface area contributed by atoms with Crippen molar-refractivity contribution < 1.29 is 38.2 Å². The van der Waals surface area contributed by atoms with Crippen LogP contribution in [0.4, 0.5) is 5.69 Å². The summed E-state index contributed by atoms with van der Waals surface area (Å²) in [7, 11) is 3.60. The van der Waals surface area contributed by atoms with E-state index in [-0.39, 0.29) is 64.7 Å². The van der Waals surface area contributed by atoms with Gasteiger partial charge < -0.3 is 29.3 Å². The van der Waals surface area contributed by atoms with Crippen LogP contribution in [0.5, 0.6) is 17.2 Å². The SMILES string of the molecule is COc1cc(OC2CC(N(C)C3CCN(c4ccc(C(=O)NC5C(C)(C)C(Oc6cc(C)c(C#N)c(C)c6)C5(C)C)cc4)CC3)C2)cc2c1C(=O)N([C@@H]1CCC(=O)NC1=O)C2=O. The zero-order valence-corrected chi connectivity index (χ0v) is 36.8. The smallest absolute Gasteiger partial charge is 0.266 e. The number of nitrogens with zero attached hydrogens (tertiary/aromatic N) is 4. The molecule has 2 N–H and O–H groups in total. The fourth-order valence-corrected chi connectivity index (χ4v) is 10.9. The number of nitrogens with one attached hydrogen (secondary N) is 2. The second-order valence-corrected chi connectivity index (χ2v) is 18.9. The van der Waals surface area contributed by atoms with Crippen LogP contribution in [0, 0.1) is 36.0 Å². The Balaban J connectivity index is 0.809. The third-order valence-electron chi connectivity index (χ3n) is 14.2. The number of amides is 5. The van der Waals surface area contributed by atoms with Crippen molar-refractivity contribution >= 4 is 35.2 Å². The number of fused-ring (bicyclic) bond motifs is 1. The molecule has 2 aliphatic carbocycles. The number of nitriles is 1. The number of benzene rings is 3. The maximum Gasteiger partial charge on any atom is 0.266 e. The minimum absolute atomic E-state index is 0.0439. The lowest BCUT2D eigenvalue weighted by atomic mass is 9.49. The van der Waals surface area contributed by atoms with Crippen LogP contribution >= 0.6 is 0 Å². The summed E-state index contributed by atoms with van der Waals surface area (Å²) in [5, 5.41) is 15.0. The first-order valence-electron chi connectivity index (χ1n) is 21.6. The Morgan fingerprint density at radius 2 is 1.50 bits per heavy atom. The molecule has 0 unspecified atom stereocenters. The van der Waals surface area contributed by atoms with E-state index >= 15 is 0 Å². The van der Waals surface area contributed by atoms with Gasteiger partial charge in [0.25, 0.3) is 17.7 Å². The van der Waals surface area contributed by atoms with E-state index in [1.54, 1.807) is 12.1 Å². The molecule has 0 spiro atoms.